The lowest BCUT2D eigenvalue weighted by atomic mass is 10.0. The SMILES string of the molecule is O=C1CCC(N2Cc3cccc(CNc4ccnc(OC5CNC5)c4)c3C2=O)C(=O)N1. The predicted molar refractivity (Wildman–Crippen MR) is 111 cm³/mol. The maximum atomic E-state index is 13.2. The molecule has 0 bridgehead atoms. The Morgan fingerprint density at radius 2 is 2.06 bits per heavy atom. The third kappa shape index (κ3) is 3.84. The molecule has 31 heavy (non-hydrogen) atoms. The highest BCUT2D eigenvalue weighted by atomic mass is 16.5. The highest BCUT2D eigenvalue weighted by molar-refractivity contribution is 6.06. The van der Waals surface area contributed by atoms with E-state index in [0.717, 1.165) is 29.9 Å². The van der Waals surface area contributed by atoms with E-state index in [1.807, 2.05) is 30.3 Å². The monoisotopic (exact) mass is 421 g/mol. The van der Waals surface area contributed by atoms with Crippen LogP contribution in [-0.4, -0.2) is 52.8 Å². The lowest BCUT2D eigenvalue weighted by molar-refractivity contribution is -0.136. The van der Waals surface area contributed by atoms with Crippen LogP contribution in [0.2, 0.25) is 0 Å². The van der Waals surface area contributed by atoms with Gasteiger partial charge >= 0.3 is 0 Å². The summed E-state index contributed by atoms with van der Waals surface area (Å²) in [5.41, 5.74) is 3.23. The molecule has 0 saturated carbocycles. The molecule has 1 unspecified atom stereocenters. The Balaban J connectivity index is 1.29. The van der Waals surface area contributed by atoms with Gasteiger partial charge in [-0.3, -0.25) is 19.7 Å². The molecule has 2 aromatic rings. The number of amides is 3. The number of carbonyl (C=O) groups excluding carboxylic acids is 3. The number of pyridine rings is 1. The molecule has 3 aliphatic heterocycles. The first-order chi connectivity index (χ1) is 15.1. The van der Waals surface area contributed by atoms with Gasteiger partial charge in [-0.1, -0.05) is 18.2 Å². The third-order valence-electron chi connectivity index (χ3n) is 5.89. The first-order valence-corrected chi connectivity index (χ1v) is 10.4. The smallest absolute Gasteiger partial charge is 0.255 e. The molecule has 0 spiro atoms. The Labute approximate surface area is 179 Å². The quantitative estimate of drug-likeness (QED) is 0.592. The van der Waals surface area contributed by atoms with Gasteiger partial charge in [-0.25, -0.2) is 4.98 Å². The molecule has 9 heteroatoms. The Kier molecular flexibility index (Phi) is 5.03. The van der Waals surface area contributed by atoms with Gasteiger partial charge in [-0.2, -0.15) is 0 Å². The van der Waals surface area contributed by atoms with E-state index in [-0.39, 0.29) is 24.3 Å². The van der Waals surface area contributed by atoms with Crippen molar-refractivity contribution >= 4 is 23.4 Å². The van der Waals surface area contributed by atoms with Crippen molar-refractivity contribution in [1.29, 1.82) is 0 Å². The van der Waals surface area contributed by atoms with Crippen LogP contribution in [0.3, 0.4) is 0 Å². The van der Waals surface area contributed by atoms with Crippen LogP contribution in [0.25, 0.3) is 0 Å². The number of fused-ring (bicyclic) bond motifs is 1. The molecule has 3 amide bonds. The summed E-state index contributed by atoms with van der Waals surface area (Å²) in [5.74, 6) is -0.291. The van der Waals surface area contributed by atoms with Gasteiger partial charge in [0.1, 0.15) is 12.1 Å². The standard InChI is InChI=1S/C22H23N5O4/c28-18-5-4-17(21(29)26-18)27-12-14-3-1-2-13(20(14)22(27)30)9-25-15-6-7-24-19(8-15)31-16-10-23-11-16/h1-3,6-8,16-17,23H,4-5,9-12H2,(H,24,25)(H,26,28,29). The van der Waals surface area contributed by atoms with Crippen LogP contribution < -0.4 is 20.7 Å². The molecule has 5 rings (SSSR count). The van der Waals surface area contributed by atoms with Gasteiger partial charge in [0, 0.05) is 56.1 Å². The summed E-state index contributed by atoms with van der Waals surface area (Å²) in [6, 6.07) is 8.83. The number of ether oxygens (including phenoxy) is 1. The first-order valence-electron chi connectivity index (χ1n) is 10.4. The lowest BCUT2D eigenvalue weighted by Crippen LogP contribution is -2.52. The molecule has 0 radical (unpaired) electrons. The summed E-state index contributed by atoms with van der Waals surface area (Å²) in [6.45, 7) is 2.46. The van der Waals surface area contributed by atoms with E-state index in [2.05, 4.69) is 20.9 Å². The van der Waals surface area contributed by atoms with Crippen LogP contribution in [-0.2, 0) is 22.7 Å². The molecular weight excluding hydrogens is 398 g/mol. The molecule has 4 heterocycles. The van der Waals surface area contributed by atoms with Crippen molar-refractivity contribution in [2.75, 3.05) is 18.4 Å². The molecule has 2 saturated heterocycles. The molecule has 2 fully saturated rings. The van der Waals surface area contributed by atoms with E-state index in [4.69, 9.17) is 4.74 Å². The highest BCUT2D eigenvalue weighted by Crippen LogP contribution is 2.30. The van der Waals surface area contributed by atoms with Gasteiger partial charge in [-0.05, 0) is 23.6 Å². The number of nitrogens with zero attached hydrogens (tertiary/aromatic N) is 2. The Hall–Kier alpha value is -3.46. The number of hydrogen-bond acceptors (Lipinski definition) is 7. The minimum Gasteiger partial charge on any atom is -0.472 e. The molecule has 3 N–H and O–H groups in total. The number of hydrogen-bond donors (Lipinski definition) is 3. The molecule has 9 nitrogen and oxygen atoms in total. The van der Waals surface area contributed by atoms with E-state index in [9.17, 15) is 14.4 Å². The van der Waals surface area contributed by atoms with Crippen LogP contribution in [0.15, 0.2) is 36.5 Å². The largest absolute Gasteiger partial charge is 0.472 e. The number of nitrogens with one attached hydrogen (secondary N) is 3. The van der Waals surface area contributed by atoms with E-state index < -0.39 is 11.9 Å². The summed E-state index contributed by atoms with van der Waals surface area (Å²) >= 11 is 0. The van der Waals surface area contributed by atoms with Crippen LogP contribution in [0.5, 0.6) is 5.88 Å². The Morgan fingerprint density at radius 1 is 1.19 bits per heavy atom. The Morgan fingerprint density at radius 3 is 2.84 bits per heavy atom. The van der Waals surface area contributed by atoms with E-state index >= 15 is 0 Å². The van der Waals surface area contributed by atoms with Crippen molar-refractivity contribution in [1.82, 2.24) is 20.5 Å². The zero-order valence-corrected chi connectivity index (χ0v) is 16.9. The maximum Gasteiger partial charge on any atom is 0.255 e. The summed E-state index contributed by atoms with van der Waals surface area (Å²) < 4.78 is 5.80. The average molecular weight is 421 g/mol. The van der Waals surface area contributed by atoms with Crippen molar-refractivity contribution in [2.45, 2.75) is 38.1 Å². The topological polar surface area (TPSA) is 113 Å². The van der Waals surface area contributed by atoms with Crippen LogP contribution >= 0.6 is 0 Å². The van der Waals surface area contributed by atoms with Crippen LogP contribution in [0, 0.1) is 0 Å². The fraction of sp³-hybridized carbons (Fsp3) is 0.364. The second-order valence-electron chi connectivity index (χ2n) is 7.99. The van der Waals surface area contributed by atoms with Crippen LogP contribution in [0.4, 0.5) is 5.69 Å². The van der Waals surface area contributed by atoms with Crippen LogP contribution in [0.1, 0.15) is 34.3 Å². The molecule has 1 atom stereocenters. The molecule has 1 aromatic heterocycles. The fourth-order valence-electron chi connectivity index (χ4n) is 4.13. The van der Waals surface area contributed by atoms with Gasteiger partial charge in [0.15, 0.2) is 0 Å². The van der Waals surface area contributed by atoms with Crippen molar-refractivity contribution in [2.24, 2.45) is 0 Å². The lowest BCUT2D eigenvalue weighted by Gasteiger charge is -2.29. The number of imide groups is 1. The van der Waals surface area contributed by atoms with Crippen molar-refractivity contribution in [3.63, 3.8) is 0 Å². The maximum absolute atomic E-state index is 13.2. The summed E-state index contributed by atoms with van der Waals surface area (Å²) in [4.78, 5) is 42.7. The number of anilines is 1. The number of carbonyl (C=O) groups is 3. The normalized spacial score (nSPS) is 20.8. The second kappa shape index (κ2) is 7.99. The summed E-state index contributed by atoms with van der Waals surface area (Å²) in [6.07, 6.45) is 2.44. The number of benzene rings is 1. The van der Waals surface area contributed by atoms with E-state index in [1.54, 1.807) is 11.1 Å². The molecular formula is C22H23N5O4. The minimum atomic E-state index is -0.612. The van der Waals surface area contributed by atoms with Gasteiger partial charge < -0.3 is 20.3 Å². The number of rotatable bonds is 6. The predicted octanol–water partition coefficient (Wildman–Crippen LogP) is 0.805. The zero-order chi connectivity index (χ0) is 21.4. The summed E-state index contributed by atoms with van der Waals surface area (Å²) in [7, 11) is 0. The first kappa shape index (κ1) is 19.5. The molecule has 160 valence electrons. The number of aromatic nitrogens is 1. The number of piperidine rings is 1. The third-order valence-corrected chi connectivity index (χ3v) is 5.89. The van der Waals surface area contributed by atoms with E-state index in [0.29, 0.717) is 31.0 Å². The van der Waals surface area contributed by atoms with Gasteiger partial charge in [0.2, 0.25) is 17.7 Å². The van der Waals surface area contributed by atoms with Crippen molar-refractivity contribution in [3.8, 4) is 5.88 Å². The zero-order valence-electron chi connectivity index (χ0n) is 16.9. The molecule has 3 aliphatic rings. The average Bonchev–Trinajstić information content (AvgIpc) is 3.06. The van der Waals surface area contributed by atoms with Crippen molar-refractivity contribution in [3.05, 3.63) is 53.2 Å². The van der Waals surface area contributed by atoms with Gasteiger partial charge in [-0.15, -0.1) is 0 Å². The van der Waals surface area contributed by atoms with E-state index in [1.165, 1.54) is 0 Å². The van der Waals surface area contributed by atoms with Gasteiger partial charge in [0.05, 0.1) is 0 Å². The van der Waals surface area contributed by atoms with Crippen molar-refractivity contribution < 1.29 is 19.1 Å². The summed E-state index contributed by atoms with van der Waals surface area (Å²) in [5, 5.41) is 8.83. The fourth-order valence-corrected chi connectivity index (χ4v) is 4.13. The minimum absolute atomic E-state index is 0.149. The molecule has 0 aliphatic carbocycles. The Bertz CT molecular complexity index is 1050. The van der Waals surface area contributed by atoms with Gasteiger partial charge in [0.25, 0.3) is 5.91 Å². The highest BCUT2D eigenvalue weighted by Gasteiger charge is 2.39. The second-order valence-corrected chi connectivity index (χ2v) is 7.99. The molecule has 1 aromatic carbocycles.